The first kappa shape index (κ1) is 20.4. The van der Waals surface area contributed by atoms with Crippen LogP contribution in [0.15, 0.2) is 54.6 Å². The lowest BCUT2D eigenvalue weighted by molar-refractivity contribution is -0.0301. The Morgan fingerprint density at radius 2 is 1.93 bits per heavy atom. The molecule has 1 aliphatic heterocycles. The van der Waals surface area contributed by atoms with Gasteiger partial charge in [0.1, 0.15) is 5.75 Å². The average Bonchev–Trinajstić information content (AvgIpc) is 2.72. The molecule has 1 heterocycles. The third-order valence-corrected chi connectivity index (χ3v) is 4.75. The Balaban J connectivity index is 1.38. The molecule has 1 fully saturated rings. The number of nitrogens with zero attached hydrogens (tertiary/aromatic N) is 1. The first-order chi connectivity index (χ1) is 13.6. The highest BCUT2D eigenvalue weighted by molar-refractivity contribution is 5.94. The van der Waals surface area contributed by atoms with Crippen molar-refractivity contribution in [1.82, 2.24) is 10.2 Å². The second kappa shape index (κ2) is 10.2. The first-order valence-corrected chi connectivity index (χ1v) is 10.1. The molecule has 0 radical (unpaired) electrons. The molecule has 2 aromatic carbocycles. The fourth-order valence-corrected chi connectivity index (χ4v) is 3.34. The van der Waals surface area contributed by atoms with E-state index in [0.717, 1.165) is 38.4 Å². The largest absolute Gasteiger partial charge is 0.491 e. The van der Waals surface area contributed by atoms with E-state index in [4.69, 9.17) is 9.47 Å². The van der Waals surface area contributed by atoms with Crippen molar-refractivity contribution in [2.45, 2.75) is 32.5 Å². The fraction of sp³-hybridized carbons (Fsp3) is 0.435. The summed E-state index contributed by atoms with van der Waals surface area (Å²) in [6.45, 7) is 8.17. The highest BCUT2D eigenvalue weighted by Crippen LogP contribution is 2.21. The van der Waals surface area contributed by atoms with E-state index in [1.165, 1.54) is 5.56 Å². The van der Waals surface area contributed by atoms with Gasteiger partial charge < -0.3 is 14.8 Å². The first-order valence-electron chi connectivity index (χ1n) is 10.1. The van der Waals surface area contributed by atoms with Crippen molar-refractivity contribution >= 4 is 5.91 Å². The van der Waals surface area contributed by atoms with Crippen molar-refractivity contribution in [3.63, 3.8) is 0 Å². The number of morpholine rings is 1. The molecular weight excluding hydrogens is 352 g/mol. The Morgan fingerprint density at radius 3 is 2.64 bits per heavy atom. The molecule has 1 aliphatic rings. The Bertz CT molecular complexity index is 731. The Labute approximate surface area is 167 Å². The third kappa shape index (κ3) is 6.08. The van der Waals surface area contributed by atoms with Gasteiger partial charge in [0.05, 0.1) is 18.8 Å². The van der Waals surface area contributed by atoms with Crippen LogP contribution in [0.2, 0.25) is 0 Å². The van der Waals surface area contributed by atoms with Gasteiger partial charge in [0.25, 0.3) is 5.91 Å². The molecule has 5 heteroatoms. The summed E-state index contributed by atoms with van der Waals surface area (Å²) in [5.74, 6) is 0.743. The number of amides is 1. The molecule has 28 heavy (non-hydrogen) atoms. The van der Waals surface area contributed by atoms with E-state index in [1.807, 2.05) is 32.0 Å². The zero-order valence-electron chi connectivity index (χ0n) is 16.8. The van der Waals surface area contributed by atoms with Crippen LogP contribution in [-0.2, 0) is 4.74 Å². The number of ether oxygens (including phenoxy) is 2. The van der Waals surface area contributed by atoms with Crippen LogP contribution in [0.25, 0.3) is 0 Å². The maximum absolute atomic E-state index is 12.3. The summed E-state index contributed by atoms with van der Waals surface area (Å²) >= 11 is 0. The zero-order chi connectivity index (χ0) is 19.8. The Hall–Kier alpha value is -2.37. The van der Waals surface area contributed by atoms with Crippen LogP contribution in [0.1, 0.15) is 42.3 Å². The van der Waals surface area contributed by atoms with E-state index >= 15 is 0 Å². The quantitative estimate of drug-likeness (QED) is 0.708. The van der Waals surface area contributed by atoms with Gasteiger partial charge in [-0.1, -0.05) is 30.3 Å². The topological polar surface area (TPSA) is 50.8 Å². The molecule has 1 unspecified atom stereocenters. The fourth-order valence-electron chi connectivity index (χ4n) is 3.34. The molecule has 150 valence electrons. The summed E-state index contributed by atoms with van der Waals surface area (Å²) in [4.78, 5) is 14.7. The summed E-state index contributed by atoms with van der Waals surface area (Å²) in [5.41, 5.74) is 1.89. The molecule has 1 amide bonds. The molecule has 0 aliphatic carbocycles. The summed E-state index contributed by atoms with van der Waals surface area (Å²) in [6.07, 6.45) is 1.18. The van der Waals surface area contributed by atoms with Crippen LogP contribution in [0.3, 0.4) is 0 Å². The number of benzene rings is 2. The van der Waals surface area contributed by atoms with E-state index in [-0.39, 0.29) is 18.1 Å². The van der Waals surface area contributed by atoms with Gasteiger partial charge >= 0.3 is 0 Å². The molecule has 1 saturated heterocycles. The highest BCUT2D eigenvalue weighted by Gasteiger charge is 2.21. The standard InChI is InChI=1S/C23H30N2O3/c1-18(2)28-21-11-9-20(10-12-21)23(26)24-13-6-14-25-15-16-27-22(17-25)19-7-4-3-5-8-19/h3-5,7-12,18,22H,6,13-17H2,1-2H3,(H,24,26). The van der Waals surface area contributed by atoms with E-state index in [0.29, 0.717) is 12.1 Å². The summed E-state index contributed by atoms with van der Waals surface area (Å²) < 4.78 is 11.5. The number of rotatable bonds is 8. The van der Waals surface area contributed by atoms with Crippen LogP contribution in [0.4, 0.5) is 0 Å². The van der Waals surface area contributed by atoms with Crippen LogP contribution < -0.4 is 10.1 Å². The van der Waals surface area contributed by atoms with Gasteiger partial charge in [-0.05, 0) is 50.1 Å². The predicted octanol–water partition coefficient (Wildman–Crippen LogP) is 3.67. The van der Waals surface area contributed by atoms with Crippen molar-refractivity contribution in [3.8, 4) is 5.75 Å². The number of carbonyl (C=O) groups excluding carboxylic acids is 1. The maximum Gasteiger partial charge on any atom is 0.251 e. The highest BCUT2D eigenvalue weighted by atomic mass is 16.5. The minimum Gasteiger partial charge on any atom is -0.491 e. The van der Waals surface area contributed by atoms with E-state index in [1.54, 1.807) is 12.1 Å². The number of carbonyl (C=O) groups is 1. The van der Waals surface area contributed by atoms with Crippen molar-refractivity contribution in [2.24, 2.45) is 0 Å². The van der Waals surface area contributed by atoms with Crippen LogP contribution >= 0.6 is 0 Å². The summed E-state index contributed by atoms with van der Waals surface area (Å²) in [7, 11) is 0. The van der Waals surface area contributed by atoms with Crippen LogP contribution in [0, 0.1) is 0 Å². The number of hydrogen-bond acceptors (Lipinski definition) is 4. The maximum atomic E-state index is 12.3. The minimum absolute atomic E-state index is 0.0414. The molecule has 0 aromatic heterocycles. The predicted molar refractivity (Wildman–Crippen MR) is 111 cm³/mol. The average molecular weight is 383 g/mol. The minimum atomic E-state index is -0.0414. The van der Waals surface area contributed by atoms with Gasteiger partial charge in [-0.3, -0.25) is 9.69 Å². The van der Waals surface area contributed by atoms with Crippen molar-refractivity contribution in [2.75, 3.05) is 32.8 Å². The van der Waals surface area contributed by atoms with Gasteiger partial charge in [-0.15, -0.1) is 0 Å². The second-order valence-corrected chi connectivity index (χ2v) is 7.37. The number of hydrogen-bond donors (Lipinski definition) is 1. The summed E-state index contributed by atoms with van der Waals surface area (Å²) in [6, 6.07) is 17.6. The zero-order valence-corrected chi connectivity index (χ0v) is 16.8. The second-order valence-electron chi connectivity index (χ2n) is 7.37. The lowest BCUT2D eigenvalue weighted by atomic mass is 10.1. The molecular formula is C23H30N2O3. The van der Waals surface area contributed by atoms with Crippen molar-refractivity contribution in [1.29, 1.82) is 0 Å². The molecule has 0 saturated carbocycles. The smallest absolute Gasteiger partial charge is 0.251 e. The lowest BCUT2D eigenvalue weighted by Crippen LogP contribution is -2.39. The molecule has 1 atom stereocenters. The van der Waals surface area contributed by atoms with E-state index in [2.05, 4.69) is 34.5 Å². The SMILES string of the molecule is CC(C)Oc1ccc(C(=O)NCCCN2CCOC(c3ccccc3)C2)cc1. The van der Waals surface area contributed by atoms with E-state index in [9.17, 15) is 4.79 Å². The molecule has 0 bridgehead atoms. The molecule has 3 rings (SSSR count). The van der Waals surface area contributed by atoms with Crippen molar-refractivity contribution in [3.05, 3.63) is 65.7 Å². The normalized spacial score (nSPS) is 17.5. The monoisotopic (exact) mass is 382 g/mol. The summed E-state index contributed by atoms with van der Waals surface area (Å²) in [5, 5.41) is 3.00. The lowest BCUT2D eigenvalue weighted by Gasteiger charge is -2.33. The molecule has 2 aromatic rings. The molecule has 0 spiro atoms. The van der Waals surface area contributed by atoms with Gasteiger partial charge in [0.15, 0.2) is 0 Å². The van der Waals surface area contributed by atoms with Crippen LogP contribution in [-0.4, -0.2) is 49.7 Å². The van der Waals surface area contributed by atoms with E-state index < -0.39 is 0 Å². The van der Waals surface area contributed by atoms with Gasteiger partial charge in [0, 0.05) is 31.7 Å². The van der Waals surface area contributed by atoms with Gasteiger partial charge in [0.2, 0.25) is 0 Å². The van der Waals surface area contributed by atoms with Crippen molar-refractivity contribution < 1.29 is 14.3 Å². The molecule has 5 nitrogen and oxygen atoms in total. The van der Waals surface area contributed by atoms with Gasteiger partial charge in [-0.2, -0.15) is 0 Å². The molecule has 1 N–H and O–H groups in total. The number of nitrogens with one attached hydrogen (secondary N) is 1. The van der Waals surface area contributed by atoms with Gasteiger partial charge in [-0.25, -0.2) is 0 Å². The Morgan fingerprint density at radius 1 is 1.18 bits per heavy atom. The third-order valence-electron chi connectivity index (χ3n) is 4.75. The Kier molecular flexibility index (Phi) is 7.46. The van der Waals surface area contributed by atoms with Crippen LogP contribution in [0.5, 0.6) is 5.75 Å².